The van der Waals surface area contributed by atoms with Crippen molar-refractivity contribution in [2.24, 2.45) is 0 Å². The third-order valence-corrected chi connectivity index (χ3v) is 4.07. The summed E-state index contributed by atoms with van der Waals surface area (Å²) in [6, 6.07) is 3.43. The molecule has 0 saturated carbocycles. The van der Waals surface area contributed by atoms with E-state index in [1.54, 1.807) is 25.4 Å². The van der Waals surface area contributed by atoms with Crippen LogP contribution in [-0.4, -0.2) is 41.1 Å². The van der Waals surface area contributed by atoms with Crippen LogP contribution in [-0.2, 0) is 4.79 Å². The quantitative estimate of drug-likeness (QED) is 0.862. The second-order valence-corrected chi connectivity index (χ2v) is 5.32. The molecule has 1 fully saturated rings. The van der Waals surface area contributed by atoms with Gasteiger partial charge in [0, 0.05) is 25.5 Å². The Hall–Kier alpha value is -2.11. The molecular formula is C15H21N3O3. The second-order valence-electron chi connectivity index (χ2n) is 5.32. The van der Waals surface area contributed by atoms with Crippen LogP contribution in [0.25, 0.3) is 0 Å². The maximum absolute atomic E-state index is 11.8. The summed E-state index contributed by atoms with van der Waals surface area (Å²) in [5.41, 5.74) is 0.186. The molecule has 2 heterocycles. The van der Waals surface area contributed by atoms with Gasteiger partial charge in [0.1, 0.15) is 11.2 Å². The second kappa shape index (κ2) is 6.11. The lowest BCUT2D eigenvalue weighted by Gasteiger charge is -2.36. The Kier molecular flexibility index (Phi) is 4.45. The summed E-state index contributed by atoms with van der Waals surface area (Å²) in [5.74, 6) is -1.06. The molecule has 1 saturated heterocycles. The number of aliphatic carboxylic acids is 1. The fraction of sp³-hybridized carbons (Fsp3) is 0.533. The number of nitrogens with zero attached hydrogens (tertiary/aromatic N) is 2. The minimum absolute atomic E-state index is 0.271. The van der Waals surface area contributed by atoms with Crippen molar-refractivity contribution in [3.63, 3.8) is 0 Å². The Labute approximate surface area is 124 Å². The molecule has 2 rings (SSSR count). The third kappa shape index (κ3) is 2.70. The molecule has 0 radical (unpaired) electrons. The molecule has 1 atom stereocenters. The smallest absolute Gasteiger partial charge is 0.329 e. The van der Waals surface area contributed by atoms with Crippen molar-refractivity contribution in [1.29, 1.82) is 0 Å². The van der Waals surface area contributed by atoms with Crippen LogP contribution in [0.3, 0.4) is 0 Å². The van der Waals surface area contributed by atoms with Gasteiger partial charge in [-0.05, 0) is 31.4 Å². The highest BCUT2D eigenvalue weighted by Crippen LogP contribution is 2.37. The summed E-state index contributed by atoms with van der Waals surface area (Å²) in [7, 11) is 1.55. The first-order valence-electron chi connectivity index (χ1n) is 7.24. The Bertz CT molecular complexity index is 547. The molecule has 2 N–H and O–H groups in total. The zero-order chi connectivity index (χ0) is 15.5. The number of hydrogen-bond acceptors (Lipinski definition) is 4. The van der Waals surface area contributed by atoms with Crippen molar-refractivity contribution in [2.45, 2.75) is 38.1 Å². The van der Waals surface area contributed by atoms with E-state index in [2.05, 4.69) is 10.3 Å². The first-order chi connectivity index (χ1) is 10.0. The van der Waals surface area contributed by atoms with Crippen LogP contribution in [0.1, 0.15) is 43.1 Å². The fourth-order valence-corrected chi connectivity index (χ4v) is 3.10. The van der Waals surface area contributed by atoms with Gasteiger partial charge in [0.25, 0.3) is 5.91 Å². The third-order valence-electron chi connectivity index (χ3n) is 4.07. The van der Waals surface area contributed by atoms with Crippen molar-refractivity contribution >= 4 is 17.6 Å². The summed E-state index contributed by atoms with van der Waals surface area (Å²) < 4.78 is 0. The summed E-state index contributed by atoms with van der Waals surface area (Å²) in [4.78, 5) is 29.5. The lowest BCUT2D eigenvalue weighted by Crippen LogP contribution is -2.50. The molecule has 1 aromatic rings. The van der Waals surface area contributed by atoms with Crippen molar-refractivity contribution in [1.82, 2.24) is 10.3 Å². The van der Waals surface area contributed by atoms with Crippen LogP contribution in [0.5, 0.6) is 0 Å². The Morgan fingerprint density at radius 2 is 2.29 bits per heavy atom. The zero-order valence-electron chi connectivity index (χ0n) is 12.4. The maximum Gasteiger partial charge on any atom is 0.329 e. The van der Waals surface area contributed by atoms with Crippen LogP contribution in [0, 0.1) is 0 Å². The molecule has 0 bridgehead atoms. The van der Waals surface area contributed by atoms with Crippen LogP contribution in [0.15, 0.2) is 18.3 Å². The average molecular weight is 291 g/mol. The van der Waals surface area contributed by atoms with Crippen LogP contribution < -0.4 is 10.2 Å². The topological polar surface area (TPSA) is 82.5 Å². The molecule has 1 aliphatic rings. The van der Waals surface area contributed by atoms with Gasteiger partial charge in [-0.2, -0.15) is 0 Å². The molecule has 1 unspecified atom stereocenters. The fourth-order valence-electron chi connectivity index (χ4n) is 3.10. The molecule has 6 nitrogen and oxygen atoms in total. The van der Waals surface area contributed by atoms with Gasteiger partial charge in [-0.3, -0.25) is 9.78 Å². The van der Waals surface area contributed by atoms with E-state index in [0.717, 1.165) is 18.5 Å². The average Bonchev–Trinajstić information content (AvgIpc) is 2.92. The van der Waals surface area contributed by atoms with Gasteiger partial charge in [0.15, 0.2) is 0 Å². The maximum atomic E-state index is 11.8. The van der Waals surface area contributed by atoms with Crippen molar-refractivity contribution in [3.05, 3.63) is 24.0 Å². The van der Waals surface area contributed by atoms with E-state index < -0.39 is 11.5 Å². The minimum Gasteiger partial charge on any atom is -0.479 e. The van der Waals surface area contributed by atoms with Gasteiger partial charge in [0.05, 0.1) is 0 Å². The summed E-state index contributed by atoms with van der Waals surface area (Å²) in [6.07, 6.45) is 4.42. The molecular weight excluding hydrogens is 270 g/mol. The van der Waals surface area contributed by atoms with Crippen molar-refractivity contribution < 1.29 is 14.7 Å². The standard InChI is InChI=1S/C15H21N3O3/c1-3-6-15(14(20)21)7-4-9-18(15)11-5-8-17-12(10-11)13(19)16-2/h5,8,10H,3-4,6-7,9H2,1-2H3,(H,16,19)(H,20,21). The molecule has 1 amide bonds. The molecule has 1 aliphatic heterocycles. The predicted octanol–water partition coefficient (Wildman–Crippen LogP) is 1.66. The minimum atomic E-state index is -0.865. The van der Waals surface area contributed by atoms with E-state index in [1.807, 2.05) is 11.8 Å². The van der Waals surface area contributed by atoms with Crippen LogP contribution in [0.4, 0.5) is 5.69 Å². The number of amides is 1. The predicted molar refractivity (Wildman–Crippen MR) is 79.5 cm³/mol. The Morgan fingerprint density at radius 1 is 1.52 bits per heavy atom. The van der Waals surface area contributed by atoms with Crippen LogP contribution >= 0.6 is 0 Å². The van der Waals surface area contributed by atoms with Gasteiger partial charge >= 0.3 is 5.97 Å². The monoisotopic (exact) mass is 291 g/mol. The lowest BCUT2D eigenvalue weighted by atomic mass is 9.90. The molecule has 0 aliphatic carbocycles. The SMILES string of the molecule is CCCC1(C(=O)O)CCCN1c1ccnc(C(=O)NC)c1. The summed E-state index contributed by atoms with van der Waals surface area (Å²) in [6.45, 7) is 2.67. The molecule has 6 heteroatoms. The van der Waals surface area contributed by atoms with E-state index in [4.69, 9.17) is 0 Å². The van der Waals surface area contributed by atoms with E-state index in [9.17, 15) is 14.7 Å². The lowest BCUT2D eigenvalue weighted by molar-refractivity contribution is -0.143. The van der Waals surface area contributed by atoms with E-state index in [-0.39, 0.29) is 5.91 Å². The zero-order valence-corrected chi connectivity index (χ0v) is 12.4. The van der Waals surface area contributed by atoms with Crippen molar-refractivity contribution in [2.75, 3.05) is 18.5 Å². The highest BCUT2D eigenvalue weighted by Gasteiger charge is 2.47. The van der Waals surface area contributed by atoms with Crippen LogP contribution in [0.2, 0.25) is 0 Å². The summed E-state index contributed by atoms with van der Waals surface area (Å²) >= 11 is 0. The number of carbonyl (C=O) groups is 2. The van der Waals surface area contributed by atoms with Gasteiger partial charge in [-0.15, -0.1) is 0 Å². The molecule has 21 heavy (non-hydrogen) atoms. The number of aromatic nitrogens is 1. The number of anilines is 1. The number of hydrogen-bond donors (Lipinski definition) is 2. The van der Waals surface area contributed by atoms with Gasteiger partial charge in [-0.25, -0.2) is 4.79 Å². The number of carbonyl (C=O) groups excluding carboxylic acids is 1. The first-order valence-corrected chi connectivity index (χ1v) is 7.24. The molecule has 0 spiro atoms. The number of rotatable bonds is 5. The molecule has 114 valence electrons. The van der Waals surface area contributed by atoms with Crippen molar-refractivity contribution in [3.8, 4) is 0 Å². The number of pyridine rings is 1. The first kappa shape index (κ1) is 15.3. The molecule has 1 aromatic heterocycles. The van der Waals surface area contributed by atoms with E-state index >= 15 is 0 Å². The highest BCUT2D eigenvalue weighted by molar-refractivity contribution is 5.93. The van der Waals surface area contributed by atoms with Gasteiger partial charge in [0.2, 0.25) is 0 Å². The van der Waals surface area contributed by atoms with Gasteiger partial charge in [-0.1, -0.05) is 13.3 Å². The van der Waals surface area contributed by atoms with Gasteiger partial charge < -0.3 is 15.3 Å². The largest absolute Gasteiger partial charge is 0.479 e. The van der Waals surface area contributed by atoms with E-state index in [0.29, 0.717) is 25.1 Å². The highest BCUT2D eigenvalue weighted by atomic mass is 16.4. The number of nitrogens with one attached hydrogen (secondary N) is 1. The number of carboxylic acids is 1. The van der Waals surface area contributed by atoms with E-state index in [1.165, 1.54) is 0 Å². The number of carboxylic acid groups (broad SMARTS) is 1. The Balaban J connectivity index is 2.39. The molecule has 0 aromatic carbocycles. The normalized spacial score (nSPS) is 21.3. The Morgan fingerprint density at radius 3 is 2.90 bits per heavy atom. The summed E-state index contributed by atoms with van der Waals surface area (Å²) in [5, 5.41) is 12.2.